The summed E-state index contributed by atoms with van der Waals surface area (Å²) in [6, 6.07) is 10.2. The van der Waals surface area contributed by atoms with E-state index in [1.807, 2.05) is 37.3 Å². The van der Waals surface area contributed by atoms with Gasteiger partial charge in [-0.1, -0.05) is 29.8 Å². The Morgan fingerprint density at radius 2 is 1.86 bits per heavy atom. The zero-order valence-electron chi connectivity index (χ0n) is 11.8. The molecule has 0 saturated carbocycles. The molecule has 3 aromatic rings. The second-order valence-electron chi connectivity index (χ2n) is 4.95. The van der Waals surface area contributed by atoms with E-state index in [0.717, 1.165) is 20.7 Å². The molecule has 0 bridgehead atoms. The lowest BCUT2D eigenvalue weighted by Gasteiger charge is -2.06. The van der Waals surface area contributed by atoms with Crippen LogP contribution in [0.3, 0.4) is 0 Å². The summed E-state index contributed by atoms with van der Waals surface area (Å²) in [5.74, 6) is 0.473. The number of hydrogen-bond donors (Lipinski definition) is 4. The number of nitrogens with one attached hydrogen (secondary N) is 1. The number of nitrogens with zero attached hydrogens (tertiary/aromatic N) is 2. The molecule has 0 radical (unpaired) electrons. The second kappa shape index (κ2) is 5.87. The van der Waals surface area contributed by atoms with Gasteiger partial charge in [0.05, 0.1) is 5.39 Å². The van der Waals surface area contributed by atoms with Gasteiger partial charge in [0.1, 0.15) is 17.0 Å². The summed E-state index contributed by atoms with van der Waals surface area (Å²) < 4.78 is 0. The van der Waals surface area contributed by atoms with Crippen molar-refractivity contribution in [1.82, 2.24) is 9.97 Å². The van der Waals surface area contributed by atoms with Crippen LogP contribution in [-0.2, 0) is 0 Å². The largest absolute Gasteiger partial charge is 0.424 e. The first-order valence-electron chi connectivity index (χ1n) is 6.54. The van der Waals surface area contributed by atoms with Gasteiger partial charge in [-0.05, 0) is 18.6 Å². The van der Waals surface area contributed by atoms with Gasteiger partial charge in [-0.3, -0.25) is 0 Å². The zero-order chi connectivity index (χ0) is 15.7. The van der Waals surface area contributed by atoms with E-state index >= 15 is 0 Å². The minimum atomic E-state index is -3.88. The lowest BCUT2D eigenvalue weighted by molar-refractivity contribution is 0.333. The van der Waals surface area contributed by atoms with E-state index in [1.165, 1.54) is 23.2 Å². The third-order valence-electron chi connectivity index (χ3n) is 3.12. The number of anilines is 1. The molecule has 22 heavy (non-hydrogen) atoms. The van der Waals surface area contributed by atoms with E-state index in [9.17, 15) is 0 Å². The molecule has 0 unspecified atom stereocenters. The van der Waals surface area contributed by atoms with Gasteiger partial charge in [0, 0.05) is 4.88 Å². The number of aryl methyl sites for hydroxylation is 1. The number of fused-ring (bicyclic) bond motifs is 1. The van der Waals surface area contributed by atoms with Gasteiger partial charge in [0.2, 0.25) is 6.29 Å². The molecule has 8 heteroatoms. The highest BCUT2D eigenvalue weighted by Crippen LogP contribution is 2.44. The predicted octanol–water partition coefficient (Wildman–Crippen LogP) is 2.78. The van der Waals surface area contributed by atoms with Crippen molar-refractivity contribution in [3.63, 3.8) is 0 Å². The van der Waals surface area contributed by atoms with Gasteiger partial charge >= 0.3 is 7.94 Å². The SMILES string of the molecule is Cc1ccc(-c2cc3c(NC[P+](O)(O)O)ncnc3s2)cc1. The quantitative estimate of drug-likeness (QED) is 0.547. The third-order valence-corrected chi connectivity index (χ3v) is 4.80. The Morgan fingerprint density at radius 1 is 1.14 bits per heavy atom. The number of rotatable bonds is 4. The van der Waals surface area contributed by atoms with E-state index in [2.05, 4.69) is 15.3 Å². The molecule has 2 aromatic heterocycles. The van der Waals surface area contributed by atoms with Crippen LogP contribution in [0.1, 0.15) is 5.56 Å². The van der Waals surface area contributed by atoms with Crippen LogP contribution in [0.4, 0.5) is 5.82 Å². The molecule has 2 heterocycles. The van der Waals surface area contributed by atoms with Crippen LogP contribution in [-0.4, -0.2) is 30.9 Å². The van der Waals surface area contributed by atoms with Crippen LogP contribution in [0, 0.1) is 6.92 Å². The number of hydrogen-bond acceptors (Lipinski definition) is 7. The van der Waals surface area contributed by atoms with Crippen molar-refractivity contribution in [3.8, 4) is 10.4 Å². The van der Waals surface area contributed by atoms with E-state index in [-0.39, 0.29) is 6.29 Å². The molecule has 0 atom stereocenters. The normalized spacial score (nSPS) is 11.8. The fourth-order valence-electron chi connectivity index (χ4n) is 2.04. The van der Waals surface area contributed by atoms with Gasteiger partial charge in [-0.25, -0.2) is 9.97 Å². The number of benzene rings is 1. The van der Waals surface area contributed by atoms with Crippen molar-refractivity contribution in [2.75, 3.05) is 11.6 Å². The van der Waals surface area contributed by atoms with E-state index in [1.54, 1.807) is 0 Å². The Hall–Kier alpha value is -1.63. The molecule has 0 aliphatic heterocycles. The lowest BCUT2D eigenvalue weighted by Crippen LogP contribution is -2.07. The summed E-state index contributed by atoms with van der Waals surface area (Å²) in [6.07, 6.45) is 1.07. The second-order valence-corrected chi connectivity index (χ2v) is 7.68. The van der Waals surface area contributed by atoms with E-state index < -0.39 is 7.94 Å². The molecule has 0 fully saturated rings. The highest BCUT2D eigenvalue weighted by Gasteiger charge is 2.29. The van der Waals surface area contributed by atoms with Crippen molar-refractivity contribution < 1.29 is 14.7 Å². The minimum Gasteiger partial charge on any atom is -0.331 e. The standard InChI is InChI=1S/C14H15N3O3PS/c1-9-2-4-10(5-3-9)12-6-11-13(17-8-21(18,19)20)15-7-16-14(11)22-12/h2-7,18-20H,8H2,1H3,(H,15,16,17)/q+1. The van der Waals surface area contributed by atoms with Crippen LogP contribution in [0.15, 0.2) is 36.7 Å². The van der Waals surface area contributed by atoms with Crippen molar-refractivity contribution in [1.29, 1.82) is 0 Å². The summed E-state index contributed by atoms with van der Waals surface area (Å²) in [5, 5.41) is 3.54. The van der Waals surface area contributed by atoms with Crippen molar-refractivity contribution in [2.45, 2.75) is 6.92 Å². The van der Waals surface area contributed by atoms with Crippen LogP contribution in [0.5, 0.6) is 0 Å². The van der Waals surface area contributed by atoms with Gasteiger partial charge in [0.15, 0.2) is 0 Å². The van der Waals surface area contributed by atoms with Crippen LogP contribution >= 0.6 is 19.3 Å². The first-order valence-corrected chi connectivity index (χ1v) is 9.19. The smallest absolute Gasteiger partial charge is 0.331 e. The maximum atomic E-state index is 9.08. The lowest BCUT2D eigenvalue weighted by atomic mass is 10.1. The molecular formula is C14H15N3O3PS+. The average Bonchev–Trinajstić information content (AvgIpc) is 2.89. The Bertz CT molecular complexity index is 799. The summed E-state index contributed by atoms with van der Waals surface area (Å²) in [4.78, 5) is 37.4. The summed E-state index contributed by atoms with van der Waals surface area (Å²) in [5.41, 5.74) is 2.29. The molecule has 6 nitrogen and oxygen atoms in total. The van der Waals surface area contributed by atoms with E-state index in [0.29, 0.717) is 5.82 Å². The van der Waals surface area contributed by atoms with Gasteiger partial charge in [-0.15, -0.1) is 11.3 Å². The molecule has 0 aliphatic rings. The van der Waals surface area contributed by atoms with Gasteiger partial charge in [-0.2, -0.15) is 14.7 Å². The molecule has 114 valence electrons. The Labute approximate surface area is 131 Å². The number of aromatic nitrogens is 2. The highest BCUT2D eigenvalue weighted by atomic mass is 32.1. The van der Waals surface area contributed by atoms with Crippen LogP contribution < -0.4 is 5.32 Å². The van der Waals surface area contributed by atoms with Gasteiger partial charge in [0.25, 0.3) is 0 Å². The topological polar surface area (TPSA) is 98.5 Å². The zero-order valence-corrected chi connectivity index (χ0v) is 13.5. The minimum absolute atomic E-state index is 0.338. The summed E-state index contributed by atoms with van der Waals surface area (Å²) in [7, 11) is -3.88. The molecule has 0 amide bonds. The average molecular weight is 336 g/mol. The first kappa shape index (κ1) is 15.3. The Balaban J connectivity index is 1.97. The first-order chi connectivity index (χ1) is 10.4. The maximum Gasteiger partial charge on any atom is 0.424 e. The fraction of sp³-hybridized carbons (Fsp3) is 0.143. The molecule has 0 spiro atoms. The molecular weight excluding hydrogens is 321 g/mol. The molecule has 4 N–H and O–H groups in total. The van der Waals surface area contributed by atoms with E-state index in [4.69, 9.17) is 14.7 Å². The Kier molecular flexibility index (Phi) is 4.08. The van der Waals surface area contributed by atoms with Crippen molar-refractivity contribution in [2.24, 2.45) is 0 Å². The maximum absolute atomic E-state index is 9.08. The highest BCUT2D eigenvalue weighted by molar-refractivity contribution is 7.58. The molecule has 3 rings (SSSR count). The third kappa shape index (κ3) is 3.40. The van der Waals surface area contributed by atoms with Crippen LogP contribution in [0.25, 0.3) is 20.7 Å². The summed E-state index contributed by atoms with van der Waals surface area (Å²) in [6.45, 7) is 2.04. The van der Waals surface area contributed by atoms with Crippen molar-refractivity contribution in [3.05, 3.63) is 42.2 Å². The Morgan fingerprint density at radius 3 is 2.55 bits per heavy atom. The van der Waals surface area contributed by atoms with Crippen molar-refractivity contribution >= 4 is 35.3 Å². The predicted molar refractivity (Wildman–Crippen MR) is 89.7 cm³/mol. The molecule has 0 saturated heterocycles. The van der Waals surface area contributed by atoms with Gasteiger partial charge < -0.3 is 5.32 Å². The molecule has 1 aromatic carbocycles. The number of thiophene rings is 1. The monoisotopic (exact) mass is 336 g/mol. The summed E-state index contributed by atoms with van der Waals surface area (Å²) >= 11 is 1.53. The van der Waals surface area contributed by atoms with Crippen LogP contribution in [0.2, 0.25) is 0 Å². The molecule has 0 aliphatic carbocycles. The fourth-order valence-corrected chi connectivity index (χ4v) is 3.40.